The Labute approximate surface area is 115 Å². The van der Waals surface area contributed by atoms with Gasteiger partial charge in [-0.25, -0.2) is 0 Å². The molecule has 0 bridgehead atoms. The van der Waals surface area contributed by atoms with Crippen molar-refractivity contribution in [3.8, 4) is 0 Å². The fraction of sp³-hybridized carbons (Fsp3) is 0.294. The quantitative estimate of drug-likeness (QED) is 0.889. The Hall–Kier alpha value is -1.64. The van der Waals surface area contributed by atoms with E-state index in [0.717, 1.165) is 0 Å². The van der Waals surface area contributed by atoms with Crippen LogP contribution in [0.15, 0.2) is 48.5 Å². The number of ether oxygens (including phenoxy) is 1. The highest BCUT2D eigenvalue weighted by Gasteiger charge is 2.14. The van der Waals surface area contributed by atoms with Crippen LogP contribution in [0.5, 0.6) is 0 Å². The van der Waals surface area contributed by atoms with Crippen LogP contribution in [-0.2, 0) is 4.74 Å². The van der Waals surface area contributed by atoms with Crippen LogP contribution in [0.4, 0.5) is 0 Å². The zero-order valence-electron chi connectivity index (χ0n) is 11.6. The third-order valence-corrected chi connectivity index (χ3v) is 3.13. The van der Waals surface area contributed by atoms with Crippen molar-refractivity contribution in [2.75, 3.05) is 13.2 Å². The molecule has 0 radical (unpaired) electrons. The molecular formula is C17H21NO. The minimum Gasteiger partial charge on any atom is -0.367 e. The smallest absolute Gasteiger partial charge is 0.108 e. The van der Waals surface area contributed by atoms with Crippen molar-refractivity contribution in [3.63, 3.8) is 0 Å². The maximum atomic E-state index is 5.93. The normalized spacial score (nSPS) is 12.4. The molecule has 0 saturated heterocycles. The molecule has 0 amide bonds. The number of rotatable bonds is 5. The highest BCUT2D eigenvalue weighted by atomic mass is 16.5. The first-order valence-electron chi connectivity index (χ1n) is 6.65. The molecule has 2 aromatic carbocycles. The van der Waals surface area contributed by atoms with Crippen molar-refractivity contribution >= 4 is 0 Å². The largest absolute Gasteiger partial charge is 0.367 e. The summed E-state index contributed by atoms with van der Waals surface area (Å²) in [4.78, 5) is 0. The Bertz CT molecular complexity index is 519. The fourth-order valence-electron chi connectivity index (χ4n) is 2.15. The lowest BCUT2D eigenvalue weighted by Crippen LogP contribution is -2.13. The maximum Gasteiger partial charge on any atom is 0.108 e. The second-order valence-corrected chi connectivity index (χ2v) is 4.86. The molecule has 0 aliphatic carbocycles. The third-order valence-electron chi connectivity index (χ3n) is 3.13. The van der Waals surface area contributed by atoms with Gasteiger partial charge in [-0.05, 0) is 25.0 Å². The second kappa shape index (κ2) is 6.50. The van der Waals surface area contributed by atoms with Gasteiger partial charge in [-0.2, -0.15) is 0 Å². The van der Waals surface area contributed by atoms with Gasteiger partial charge in [0, 0.05) is 6.54 Å². The third kappa shape index (κ3) is 3.66. The SMILES string of the molecule is Cc1ccc(C(OCCN)c2cccc(C)c2)cc1. The predicted molar refractivity (Wildman–Crippen MR) is 79.2 cm³/mol. The molecule has 19 heavy (non-hydrogen) atoms. The minimum absolute atomic E-state index is 0.0379. The topological polar surface area (TPSA) is 35.2 Å². The number of hydrogen-bond donors (Lipinski definition) is 1. The number of hydrogen-bond acceptors (Lipinski definition) is 2. The van der Waals surface area contributed by atoms with E-state index in [1.165, 1.54) is 22.3 Å². The molecule has 2 rings (SSSR count). The summed E-state index contributed by atoms with van der Waals surface area (Å²) in [5.74, 6) is 0. The summed E-state index contributed by atoms with van der Waals surface area (Å²) >= 11 is 0. The first kappa shape index (κ1) is 13.8. The molecule has 0 aromatic heterocycles. The molecule has 0 saturated carbocycles. The zero-order chi connectivity index (χ0) is 13.7. The lowest BCUT2D eigenvalue weighted by atomic mass is 9.99. The molecule has 0 heterocycles. The Morgan fingerprint density at radius 2 is 1.68 bits per heavy atom. The van der Waals surface area contributed by atoms with Gasteiger partial charge in [0.25, 0.3) is 0 Å². The Morgan fingerprint density at radius 1 is 0.947 bits per heavy atom. The van der Waals surface area contributed by atoms with E-state index in [1.807, 2.05) is 0 Å². The molecule has 0 fully saturated rings. The average molecular weight is 255 g/mol. The Morgan fingerprint density at radius 3 is 2.32 bits per heavy atom. The summed E-state index contributed by atoms with van der Waals surface area (Å²) < 4.78 is 5.93. The molecule has 2 aromatic rings. The van der Waals surface area contributed by atoms with Crippen molar-refractivity contribution in [2.24, 2.45) is 5.73 Å². The molecule has 100 valence electrons. The molecule has 2 nitrogen and oxygen atoms in total. The van der Waals surface area contributed by atoms with Gasteiger partial charge in [0.2, 0.25) is 0 Å². The van der Waals surface area contributed by atoms with Gasteiger partial charge in [0.05, 0.1) is 6.61 Å². The van der Waals surface area contributed by atoms with Gasteiger partial charge in [0.15, 0.2) is 0 Å². The summed E-state index contributed by atoms with van der Waals surface area (Å²) in [6, 6.07) is 16.9. The van der Waals surface area contributed by atoms with Crippen LogP contribution in [-0.4, -0.2) is 13.2 Å². The molecular weight excluding hydrogens is 234 g/mol. The van der Waals surface area contributed by atoms with E-state index in [1.54, 1.807) is 0 Å². The zero-order valence-corrected chi connectivity index (χ0v) is 11.6. The predicted octanol–water partition coefficient (Wildman–Crippen LogP) is 3.37. The summed E-state index contributed by atoms with van der Waals surface area (Å²) in [7, 11) is 0. The fourth-order valence-corrected chi connectivity index (χ4v) is 2.15. The molecule has 1 atom stereocenters. The Kier molecular flexibility index (Phi) is 4.72. The van der Waals surface area contributed by atoms with Crippen LogP contribution in [0.2, 0.25) is 0 Å². The van der Waals surface area contributed by atoms with Gasteiger partial charge < -0.3 is 10.5 Å². The van der Waals surface area contributed by atoms with Crippen molar-refractivity contribution in [3.05, 3.63) is 70.8 Å². The van der Waals surface area contributed by atoms with Gasteiger partial charge in [-0.15, -0.1) is 0 Å². The monoisotopic (exact) mass is 255 g/mol. The van der Waals surface area contributed by atoms with Gasteiger partial charge in [-0.1, -0.05) is 59.7 Å². The second-order valence-electron chi connectivity index (χ2n) is 4.86. The molecule has 2 N–H and O–H groups in total. The van der Waals surface area contributed by atoms with E-state index >= 15 is 0 Å². The molecule has 0 spiro atoms. The first-order chi connectivity index (χ1) is 9.20. The van der Waals surface area contributed by atoms with E-state index in [-0.39, 0.29) is 6.10 Å². The highest BCUT2D eigenvalue weighted by molar-refractivity contribution is 5.33. The lowest BCUT2D eigenvalue weighted by molar-refractivity contribution is 0.0864. The van der Waals surface area contributed by atoms with Crippen LogP contribution in [0.3, 0.4) is 0 Å². The van der Waals surface area contributed by atoms with Gasteiger partial charge in [0.1, 0.15) is 6.10 Å². The minimum atomic E-state index is -0.0379. The van der Waals surface area contributed by atoms with Crippen molar-refractivity contribution < 1.29 is 4.74 Å². The first-order valence-corrected chi connectivity index (χ1v) is 6.65. The Balaban J connectivity index is 2.32. The molecule has 0 aliphatic rings. The van der Waals surface area contributed by atoms with Crippen LogP contribution in [0.25, 0.3) is 0 Å². The number of benzene rings is 2. The van der Waals surface area contributed by atoms with Crippen LogP contribution >= 0.6 is 0 Å². The van der Waals surface area contributed by atoms with Crippen molar-refractivity contribution in [1.82, 2.24) is 0 Å². The summed E-state index contributed by atoms with van der Waals surface area (Å²) in [5.41, 5.74) is 10.4. The van der Waals surface area contributed by atoms with E-state index < -0.39 is 0 Å². The van der Waals surface area contributed by atoms with Crippen LogP contribution in [0.1, 0.15) is 28.4 Å². The summed E-state index contributed by atoms with van der Waals surface area (Å²) in [6.07, 6.45) is -0.0379. The van der Waals surface area contributed by atoms with Crippen molar-refractivity contribution in [2.45, 2.75) is 20.0 Å². The van der Waals surface area contributed by atoms with Crippen molar-refractivity contribution in [1.29, 1.82) is 0 Å². The maximum absolute atomic E-state index is 5.93. The lowest BCUT2D eigenvalue weighted by Gasteiger charge is -2.19. The van der Waals surface area contributed by atoms with Crippen LogP contribution < -0.4 is 5.73 Å². The molecule has 0 aliphatic heterocycles. The standard InChI is InChI=1S/C17H21NO/c1-13-6-8-15(9-7-13)17(19-11-10-18)16-5-3-4-14(2)12-16/h3-9,12,17H,10-11,18H2,1-2H3. The van der Waals surface area contributed by atoms with E-state index in [9.17, 15) is 0 Å². The average Bonchev–Trinajstić information content (AvgIpc) is 2.41. The van der Waals surface area contributed by atoms with E-state index in [4.69, 9.17) is 10.5 Å². The van der Waals surface area contributed by atoms with E-state index in [2.05, 4.69) is 62.4 Å². The van der Waals surface area contributed by atoms with Crippen LogP contribution in [0, 0.1) is 13.8 Å². The summed E-state index contributed by atoms with van der Waals surface area (Å²) in [5, 5.41) is 0. The molecule has 1 unspecified atom stereocenters. The van der Waals surface area contributed by atoms with Gasteiger partial charge >= 0.3 is 0 Å². The molecule has 2 heteroatoms. The number of aryl methyl sites for hydroxylation is 2. The summed E-state index contributed by atoms with van der Waals surface area (Å²) in [6.45, 7) is 5.28. The highest BCUT2D eigenvalue weighted by Crippen LogP contribution is 2.26. The number of nitrogens with two attached hydrogens (primary N) is 1. The van der Waals surface area contributed by atoms with Gasteiger partial charge in [-0.3, -0.25) is 0 Å². The van der Waals surface area contributed by atoms with E-state index in [0.29, 0.717) is 13.2 Å².